The van der Waals surface area contributed by atoms with E-state index in [0.29, 0.717) is 13.1 Å². The smallest absolute Gasteiger partial charge is 0.410 e. The molecule has 0 spiro atoms. The van der Waals surface area contributed by atoms with E-state index in [-0.39, 0.29) is 12.1 Å². The summed E-state index contributed by atoms with van der Waals surface area (Å²) < 4.78 is 7.36. The molecule has 7 nitrogen and oxygen atoms in total. The van der Waals surface area contributed by atoms with Crippen molar-refractivity contribution in [1.29, 1.82) is 0 Å². The minimum absolute atomic E-state index is 0.0867. The van der Waals surface area contributed by atoms with Gasteiger partial charge in [-0.25, -0.2) is 14.5 Å². The Kier molecular flexibility index (Phi) is 5.30. The molecular formula is C28H27N5O2S. The predicted molar refractivity (Wildman–Crippen MR) is 143 cm³/mol. The third-order valence-electron chi connectivity index (χ3n) is 6.35. The molecular weight excluding hydrogens is 470 g/mol. The maximum absolute atomic E-state index is 12.3. The van der Waals surface area contributed by atoms with Gasteiger partial charge in [0.1, 0.15) is 5.60 Å². The van der Waals surface area contributed by atoms with Crippen LogP contribution in [-0.2, 0) is 4.74 Å². The number of para-hydroxylation sites is 1. The maximum Gasteiger partial charge on any atom is 0.410 e. The van der Waals surface area contributed by atoms with Crippen LogP contribution in [0.15, 0.2) is 77.3 Å². The highest BCUT2D eigenvalue weighted by Crippen LogP contribution is 2.45. The van der Waals surface area contributed by atoms with Gasteiger partial charge in [0, 0.05) is 40.0 Å². The van der Waals surface area contributed by atoms with Gasteiger partial charge in [0.2, 0.25) is 0 Å². The third-order valence-corrected chi connectivity index (χ3v) is 7.50. The summed E-state index contributed by atoms with van der Waals surface area (Å²) in [5, 5.41) is 9.06. The summed E-state index contributed by atoms with van der Waals surface area (Å²) in [5.41, 5.74) is 5.41. The van der Waals surface area contributed by atoms with E-state index in [9.17, 15) is 4.79 Å². The van der Waals surface area contributed by atoms with Crippen LogP contribution < -0.4 is 5.32 Å². The highest BCUT2D eigenvalue weighted by atomic mass is 32.2. The van der Waals surface area contributed by atoms with Crippen LogP contribution in [0.2, 0.25) is 0 Å². The molecule has 0 radical (unpaired) electrons. The van der Waals surface area contributed by atoms with Gasteiger partial charge in [-0.05, 0) is 62.2 Å². The number of hydrogen-bond donors (Lipinski definition) is 1. The fraction of sp³-hybridized carbons (Fsp3) is 0.250. The lowest BCUT2D eigenvalue weighted by Gasteiger charge is -2.39. The first-order valence-electron chi connectivity index (χ1n) is 11.9. The summed E-state index contributed by atoms with van der Waals surface area (Å²) in [7, 11) is 0. The lowest BCUT2D eigenvalue weighted by Crippen LogP contribution is -2.52. The number of hydrogen-bond acceptors (Lipinski definition) is 6. The van der Waals surface area contributed by atoms with Gasteiger partial charge >= 0.3 is 6.09 Å². The zero-order valence-corrected chi connectivity index (χ0v) is 21.3. The molecule has 4 heterocycles. The fourth-order valence-electron chi connectivity index (χ4n) is 4.45. The Morgan fingerprint density at radius 1 is 1.06 bits per heavy atom. The third kappa shape index (κ3) is 4.11. The number of pyridine rings is 1. The molecule has 4 aromatic rings. The molecule has 0 atom stereocenters. The average Bonchev–Trinajstić information content (AvgIpc) is 3.22. The number of amides is 1. The molecule has 36 heavy (non-hydrogen) atoms. The summed E-state index contributed by atoms with van der Waals surface area (Å²) in [6.45, 7) is 11.1. The number of anilines is 2. The summed E-state index contributed by atoms with van der Waals surface area (Å²) >= 11 is 1.77. The minimum atomic E-state index is -0.502. The molecule has 0 saturated carbocycles. The highest BCUT2D eigenvalue weighted by Gasteiger charge is 2.36. The first-order valence-corrected chi connectivity index (χ1v) is 12.8. The van der Waals surface area contributed by atoms with Crippen LogP contribution in [0.1, 0.15) is 37.9 Å². The molecule has 1 N–H and O–H groups in total. The van der Waals surface area contributed by atoms with Crippen molar-refractivity contribution < 1.29 is 9.53 Å². The summed E-state index contributed by atoms with van der Waals surface area (Å²) in [4.78, 5) is 21.1. The van der Waals surface area contributed by atoms with Crippen molar-refractivity contribution in [3.8, 4) is 0 Å². The molecule has 8 heteroatoms. The average molecular weight is 498 g/mol. The first kappa shape index (κ1) is 22.7. The predicted octanol–water partition coefficient (Wildman–Crippen LogP) is 6.49. The van der Waals surface area contributed by atoms with Gasteiger partial charge < -0.3 is 15.0 Å². The number of likely N-dealkylation sites (tertiary alicyclic amines) is 1. The second-order valence-electron chi connectivity index (χ2n) is 10.2. The number of carbonyl (C=O) groups is 1. The number of aromatic nitrogens is 3. The van der Waals surface area contributed by atoms with Crippen molar-refractivity contribution >= 4 is 45.8 Å². The van der Waals surface area contributed by atoms with Crippen LogP contribution in [0.4, 0.5) is 16.2 Å². The number of ether oxygens (including phenoxy) is 1. The molecule has 0 aliphatic carbocycles. The maximum atomic E-state index is 12.3. The summed E-state index contributed by atoms with van der Waals surface area (Å²) in [5.74, 6) is 0. The molecule has 0 bridgehead atoms. The van der Waals surface area contributed by atoms with Gasteiger partial charge in [-0.1, -0.05) is 36.5 Å². The Balaban J connectivity index is 1.19. The number of fused-ring (bicyclic) bond motifs is 3. The second kappa shape index (κ2) is 8.41. The molecule has 2 aromatic heterocycles. The number of rotatable bonds is 3. The number of nitrogens with one attached hydrogen (secondary N) is 1. The summed E-state index contributed by atoms with van der Waals surface area (Å²) in [6, 6.07) is 16.9. The van der Waals surface area contributed by atoms with E-state index in [1.807, 2.05) is 43.9 Å². The van der Waals surface area contributed by atoms with Gasteiger partial charge in [-0.2, -0.15) is 5.10 Å². The van der Waals surface area contributed by atoms with Crippen molar-refractivity contribution in [1.82, 2.24) is 19.7 Å². The van der Waals surface area contributed by atoms with E-state index in [0.717, 1.165) is 39.1 Å². The zero-order chi connectivity index (χ0) is 25.0. The van der Waals surface area contributed by atoms with E-state index in [2.05, 4.69) is 59.5 Å². The summed E-state index contributed by atoms with van der Waals surface area (Å²) in [6.07, 6.45) is 3.39. The molecule has 6 rings (SSSR count). The van der Waals surface area contributed by atoms with Gasteiger partial charge in [-0.3, -0.25) is 0 Å². The minimum Gasteiger partial charge on any atom is -0.444 e. The van der Waals surface area contributed by atoms with Crippen LogP contribution >= 0.6 is 11.8 Å². The molecule has 1 amide bonds. The van der Waals surface area contributed by atoms with E-state index < -0.39 is 5.60 Å². The standard InChI is InChI=1S/C28H27N5O2S/c1-17(18-9-10-25-23(12-18)31-22-7-5-6-8-24(22)36-25)19-11-20-14-30-33(26(20)29-13-19)21-15-32(16-21)27(34)35-28(2,3)4/h5-14,21,31H,1,15-16H2,2-4H3. The van der Waals surface area contributed by atoms with Crippen molar-refractivity contribution in [2.75, 3.05) is 18.4 Å². The Morgan fingerprint density at radius 3 is 2.64 bits per heavy atom. The molecule has 1 saturated heterocycles. The molecule has 182 valence electrons. The molecule has 2 aromatic carbocycles. The van der Waals surface area contributed by atoms with E-state index in [4.69, 9.17) is 9.72 Å². The normalized spacial score (nSPS) is 15.0. The lowest BCUT2D eigenvalue weighted by molar-refractivity contribution is 0.0000852. The highest BCUT2D eigenvalue weighted by molar-refractivity contribution is 7.99. The number of nitrogens with zero attached hydrogens (tertiary/aromatic N) is 4. The van der Waals surface area contributed by atoms with Crippen molar-refractivity contribution in [2.45, 2.75) is 42.2 Å². The Hall–Kier alpha value is -3.78. The van der Waals surface area contributed by atoms with Crippen LogP contribution in [-0.4, -0.2) is 44.4 Å². The number of benzene rings is 2. The van der Waals surface area contributed by atoms with Crippen LogP contribution in [0.25, 0.3) is 16.6 Å². The fourth-order valence-corrected chi connectivity index (χ4v) is 5.42. The van der Waals surface area contributed by atoms with Gasteiger partial charge in [-0.15, -0.1) is 0 Å². The van der Waals surface area contributed by atoms with Crippen molar-refractivity contribution in [2.24, 2.45) is 0 Å². The Morgan fingerprint density at radius 2 is 1.83 bits per heavy atom. The molecule has 2 aliphatic heterocycles. The molecule has 2 aliphatic rings. The van der Waals surface area contributed by atoms with Gasteiger partial charge in [0.15, 0.2) is 5.65 Å². The number of carbonyl (C=O) groups excluding carboxylic acids is 1. The quantitative estimate of drug-likeness (QED) is 0.307. The molecule has 1 fully saturated rings. The van der Waals surface area contributed by atoms with Crippen LogP contribution in [0, 0.1) is 0 Å². The lowest BCUT2D eigenvalue weighted by atomic mass is 10.00. The van der Waals surface area contributed by atoms with E-state index >= 15 is 0 Å². The Labute approximate surface area is 214 Å². The van der Waals surface area contributed by atoms with Crippen LogP contribution in [0.5, 0.6) is 0 Å². The van der Waals surface area contributed by atoms with Gasteiger partial charge in [0.25, 0.3) is 0 Å². The largest absolute Gasteiger partial charge is 0.444 e. The molecule has 0 unspecified atom stereocenters. The SMILES string of the molecule is C=C(c1ccc2c(c1)Nc1ccccc1S2)c1cnc2c(cnn2C2CN(C(=O)OC(C)(C)C)C2)c1. The topological polar surface area (TPSA) is 72.3 Å². The van der Waals surface area contributed by atoms with E-state index in [1.54, 1.807) is 16.7 Å². The van der Waals surface area contributed by atoms with Gasteiger partial charge in [0.05, 0.1) is 23.6 Å². The Bertz CT molecular complexity index is 1510. The van der Waals surface area contributed by atoms with Crippen molar-refractivity contribution in [3.63, 3.8) is 0 Å². The van der Waals surface area contributed by atoms with Crippen LogP contribution in [0.3, 0.4) is 0 Å². The zero-order valence-electron chi connectivity index (χ0n) is 20.5. The first-order chi connectivity index (χ1) is 17.2. The van der Waals surface area contributed by atoms with Crippen molar-refractivity contribution in [3.05, 3.63) is 78.6 Å². The monoisotopic (exact) mass is 497 g/mol. The van der Waals surface area contributed by atoms with E-state index in [1.165, 1.54) is 9.79 Å². The second-order valence-corrected chi connectivity index (χ2v) is 11.3.